The lowest BCUT2D eigenvalue weighted by Gasteiger charge is -2.32. The molecular weight excluding hydrogens is 264 g/mol. The summed E-state index contributed by atoms with van der Waals surface area (Å²) >= 11 is 0. The molecule has 5 heteroatoms. The molecule has 0 bridgehead atoms. The lowest BCUT2D eigenvalue weighted by atomic mass is 10.1. The molecule has 1 atom stereocenters. The number of aromatic nitrogens is 2. The molecule has 112 valence electrons. The van der Waals surface area contributed by atoms with Crippen LogP contribution in [0.2, 0.25) is 0 Å². The van der Waals surface area contributed by atoms with Crippen molar-refractivity contribution in [3.8, 4) is 5.75 Å². The van der Waals surface area contributed by atoms with Crippen molar-refractivity contribution in [2.24, 2.45) is 5.73 Å². The SMILES string of the molecule is NC1CCCN(c2cccc(OCCn3cccn3)c2)C1. The molecule has 0 aliphatic carbocycles. The van der Waals surface area contributed by atoms with Gasteiger partial charge in [-0.15, -0.1) is 0 Å². The normalized spacial score (nSPS) is 18.7. The van der Waals surface area contributed by atoms with E-state index in [0.29, 0.717) is 6.61 Å². The average molecular weight is 286 g/mol. The van der Waals surface area contributed by atoms with Crippen LogP contribution in [0.15, 0.2) is 42.7 Å². The van der Waals surface area contributed by atoms with Gasteiger partial charge in [-0.3, -0.25) is 4.68 Å². The first-order chi connectivity index (χ1) is 10.3. The van der Waals surface area contributed by atoms with Gasteiger partial charge in [0.05, 0.1) is 6.54 Å². The summed E-state index contributed by atoms with van der Waals surface area (Å²) in [6, 6.07) is 10.5. The molecular formula is C16H22N4O. The van der Waals surface area contributed by atoms with Gasteiger partial charge in [0.1, 0.15) is 12.4 Å². The molecule has 0 radical (unpaired) electrons. The first kappa shape index (κ1) is 13.9. The van der Waals surface area contributed by atoms with Crippen LogP contribution < -0.4 is 15.4 Å². The van der Waals surface area contributed by atoms with E-state index in [0.717, 1.165) is 38.2 Å². The second kappa shape index (κ2) is 6.63. The van der Waals surface area contributed by atoms with Gasteiger partial charge in [0.15, 0.2) is 0 Å². The summed E-state index contributed by atoms with van der Waals surface area (Å²) in [5.41, 5.74) is 7.25. The van der Waals surface area contributed by atoms with E-state index in [1.165, 1.54) is 5.69 Å². The number of piperidine rings is 1. The Morgan fingerprint density at radius 3 is 3.10 bits per heavy atom. The van der Waals surface area contributed by atoms with E-state index in [-0.39, 0.29) is 6.04 Å². The highest BCUT2D eigenvalue weighted by atomic mass is 16.5. The molecule has 0 spiro atoms. The highest BCUT2D eigenvalue weighted by Gasteiger charge is 2.17. The molecule has 1 aliphatic rings. The number of rotatable bonds is 5. The molecule has 1 aromatic heterocycles. The Morgan fingerprint density at radius 1 is 1.33 bits per heavy atom. The zero-order chi connectivity index (χ0) is 14.5. The third kappa shape index (κ3) is 3.76. The van der Waals surface area contributed by atoms with Crippen LogP contribution >= 0.6 is 0 Å². The molecule has 2 heterocycles. The number of ether oxygens (including phenoxy) is 1. The fraction of sp³-hybridized carbons (Fsp3) is 0.438. The Hall–Kier alpha value is -2.01. The third-order valence-corrected chi connectivity index (χ3v) is 3.79. The molecule has 2 N–H and O–H groups in total. The molecule has 0 amide bonds. The summed E-state index contributed by atoms with van der Waals surface area (Å²) in [5.74, 6) is 0.902. The number of nitrogens with two attached hydrogens (primary N) is 1. The number of hydrogen-bond donors (Lipinski definition) is 1. The topological polar surface area (TPSA) is 56.3 Å². The number of anilines is 1. The highest BCUT2D eigenvalue weighted by Crippen LogP contribution is 2.24. The summed E-state index contributed by atoms with van der Waals surface area (Å²) in [4.78, 5) is 2.34. The van der Waals surface area contributed by atoms with Crippen molar-refractivity contribution in [1.82, 2.24) is 9.78 Å². The van der Waals surface area contributed by atoms with Crippen LogP contribution in [0.4, 0.5) is 5.69 Å². The summed E-state index contributed by atoms with van der Waals surface area (Å²) in [6.45, 7) is 3.37. The number of hydrogen-bond acceptors (Lipinski definition) is 4. The van der Waals surface area contributed by atoms with Crippen molar-refractivity contribution in [2.45, 2.75) is 25.4 Å². The maximum atomic E-state index is 6.05. The fourth-order valence-corrected chi connectivity index (χ4v) is 2.70. The number of nitrogens with zero attached hydrogens (tertiary/aromatic N) is 3. The minimum Gasteiger partial charge on any atom is -0.492 e. The van der Waals surface area contributed by atoms with Crippen LogP contribution in [0.5, 0.6) is 5.75 Å². The van der Waals surface area contributed by atoms with Crippen LogP contribution in [-0.4, -0.2) is 35.5 Å². The zero-order valence-corrected chi connectivity index (χ0v) is 12.2. The molecule has 2 aromatic rings. The van der Waals surface area contributed by atoms with E-state index in [4.69, 9.17) is 10.5 Å². The van der Waals surface area contributed by atoms with Crippen LogP contribution in [0.3, 0.4) is 0 Å². The Kier molecular flexibility index (Phi) is 4.40. The van der Waals surface area contributed by atoms with E-state index < -0.39 is 0 Å². The molecule has 0 saturated carbocycles. The summed E-state index contributed by atoms with van der Waals surface area (Å²) in [6.07, 6.45) is 6.00. The van der Waals surface area contributed by atoms with Gasteiger partial charge < -0.3 is 15.4 Å². The lowest BCUT2D eigenvalue weighted by Crippen LogP contribution is -2.42. The van der Waals surface area contributed by atoms with Crippen LogP contribution in [0, 0.1) is 0 Å². The Balaban J connectivity index is 1.57. The fourth-order valence-electron chi connectivity index (χ4n) is 2.70. The van der Waals surface area contributed by atoms with Crippen LogP contribution in [-0.2, 0) is 6.54 Å². The van der Waals surface area contributed by atoms with Gasteiger partial charge in [-0.25, -0.2) is 0 Å². The zero-order valence-electron chi connectivity index (χ0n) is 12.2. The Labute approximate surface area is 125 Å². The van der Waals surface area contributed by atoms with Crippen molar-refractivity contribution < 1.29 is 4.74 Å². The second-order valence-corrected chi connectivity index (χ2v) is 5.46. The van der Waals surface area contributed by atoms with Gasteiger partial charge in [0.2, 0.25) is 0 Å². The summed E-state index contributed by atoms with van der Waals surface area (Å²) in [5, 5.41) is 4.16. The monoisotopic (exact) mass is 286 g/mol. The first-order valence-electron chi connectivity index (χ1n) is 7.52. The summed E-state index contributed by atoms with van der Waals surface area (Å²) in [7, 11) is 0. The smallest absolute Gasteiger partial charge is 0.121 e. The first-order valence-corrected chi connectivity index (χ1v) is 7.52. The minimum atomic E-state index is 0.281. The maximum absolute atomic E-state index is 6.05. The van der Waals surface area contributed by atoms with Gasteiger partial charge >= 0.3 is 0 Å². The molecule has 1 unspecified atom stereocenters. The molecule has 3 rings (SSSR count). The molecule has 5 nitrogen and oxygen atoms in total. The van der Waals surface area contributed by atoms with Crippen LogP contribution in [0.1, 0.15) is 12.8 Å². The standard InChI is InChI=1S/C16H22N4O/c17-14-4-2-8-19(13-14)15-5-1-6-16(12-15)21-11-10-20-9-3-7-18-20/h1,3,5-7,9,12,14H,2,4,8,10-11,13,17H2. The minimum absolute atomic E-state index is 0.281. The molecule has 1 fully saturated rings. The second-order valence-electron chi connectivity index (χ2n) is 5.46. The predicted octanol–water partition coefficient (Wildman–Crippen LogP) is 1.89. The van der Waals surface area contributed by atoms with E-state index >= 15 is 0 Å². The molecule has 21 heavy (non-hydrogen) atoms. The van der Waals surface area contributed by atoms with Gasteiger partial charge in [-0.1, -0.05) is 6.07 Å². The quantitative estimate of drug-likeness (QED) is 0.912. The van der Waals surface area contributed by atoms with E-state index in [9.17, 15) is 0 Å². The van der Waals surface area contributed by atoms with Crippen molar-refractivity contribution in [1.29, 1.82) is 0 Å². The Bertz CT molecular complexity index is 555. The largest absolute Gasteiger partial charge is 0.492 e. The van der Waals surface area contributed by atoms with E-state index in [1.807, 2.05) is 29.1 Å². The predicted molar refractivity (Wildman–Crippen MR) is 83.6 cm³/mol. The maximum Gasteiger partial charge on any atom is 0.121 e. The highest BCUT2D eigenvalue weighted by molar-refractivity contribution is 5.51. The average Bonchev–Trinajstić information content (AvgIpc) is 3.01. The molecule has 1 aliphatic heterocycles. The number of benzene rings is 1. The third-order valence-electron chi connectivity index (χ3n) is 3.79. The van der Waals surface area contributed by atoms with E-state index in [2.05, 4.69) is 22.1 Å². The van der Waals surface area contributed by atoms with Crippen LogP contribution in [0.25, 0.3) is 0 Å². The van der Waals surface area contributed by atoms with Gasteiger partial charge in [0.25, 0.3) is 0 Å². The van der Waals surface area contributed by atoms with Crippen molar-refractivity contribution >= 4 is 5.69 Å². The summed E-state index contributed by atoms with van der Waals surface area (Å²) < 4.78 is 7.69. The van der Waals surface area contributed by atoms with Crippen molar-refractivity contribution in [2.75, 3.05) is 24.6 Å². The van der Waals surface area contributed by atoms with Gasteiger partial charge in [0, 0.05) is 43.3 Å². The molecule has 1 saturated heterocycles. The van der Waals surface area contributed by atoms with Crippen molar-refractivity contribution in [3.05, 3.63) is 42.7 Å². The molecule has 1 aromatic carbocycles. The van der Waals surface area contributed by atoms with E-state index in [1.54, 1.807) is 6.20 Å². The Morgan fingerprint density at radius 2 is 2.29 bits per heavy atom. The van der Waals surface area contributed by atoms with Gasteiger partial charge in [-0.2, -0.15) is 5.10 Å². The van der Waals surface area contributed by atoms with Crippen molar-refractivity contribution in [3.63, 3.8) is 0 Å². The van der Waals surface area contributed by atoms with Gasteiger partial charge in [-0.05, 0) is 31.0 Å². The lowest BCUT2D eigenvalue weighted by molar-refractivity contribution is 0.291.